The lowest BCUT2D eigenvalue weighted by atomic mass is 10.1. The van der Waals surface area contributed by atoms with Crippen molar-refractivity contribution in [2.45, 2.75) is 10.8 Å². The zero-order valence-electron chi connectivity index (χ0n) is 17.6. The largest absolute Gasteiger partial charge is 0.431 e. The van der Waals surface area contributed by atoms with E-state index in [0.717, 1.165) is 35.6 Å². The number of nitrogens with zero attached hydrogens (tertiary/aromatic N) is 3. The standard InChI is InChI=1S/C24H21N3O3S3/c28-33(29,23-6-3-11-31-23)27-15-18-13-26(14-19(18)16-27)12-17-7-9-20(10-8-17)30-24-25-21-4-1-2-5-22(21)32-24/h1-11,15,19H,12-14,16H2. The molecular formula is C24H21N3O3S3. The maximum atomic E-state index is 12.8. The van der Waals surface area contributed by atoms with Crippen molar-refractivity contribution in [2.24, 2.45) is 5.92 Å². The Bertz CT molecular complexity index is 1390. The Morgan fingerprint density at radius 2 is 1.88 bits per heavy atom. The van der Waals surface area contributed by atoms with Crippen LogP contribution in [0.3, 0.4) is 0 Å². The number of likely N-dealkylation sites (tertiary alicyclic amines) is 1. The molecule has 1 atom stereocenters. The van der Waals surface area contributed by atoms with Gasteiger partial charge in [-0.3, -0.25) is 9.21 Å². The fourth-order valence-electron chi connectivity index (χ4n) is 4.39. The quantitative estimate of drug-likeness (QED) is 0.369. The average molecular weight is 496 g/mol. The Kier molecular flexibility index (Phi) is 5.21. The highest BCUT2D eigenvalue weighted by atomic mass is 32.2. The molecule has 1 fully saturated rings. The average Bonchev–Trinajstić information content (AvgIpc) is 3.58. The number of benzene rings is 2. The highest BCUT2D eigenvalue weighted by Crippen LogP contribution is 2.35. The van der Waals surface area contributed by atoms with Crippen LogP contribution in [-0.2, 0) is 16.6 Å². The maximum Gasteiger partial charge on any atom is 0.279 e. The summed E-state index contributed by atoms with van der Waals surface area (Å²) in [6.07, 6.45) is 1.84. The molecule has 4 aromatic rings. The summed E-state index contributed by atoms with van der Waals surface area (Å²) in [4.78, 5) is 6.89. The first kappa shape index (κ1) is 20.9. The molecule has 0 spiro atoms. The summed E-state index contributed by atoms with van der Waals surface area (Å²) in [6, 6.07) is 19.6. The molecule has 4 heterocycles. The van der Waals surface area contributed by atoms with Gasteiger partial charge in [0.1, 0.15) is 9.96 Å². The second kappa shape index (κ2) is 8.25. The van der Waals surface area contributed by atoms with Gasteiger partial charge in [0.25, 0.3) is 15.2 Å². The number of thiophene rings is 1. The van der Waals surface area contributed by atoms with E-state index < -0.39 is 10.0 Å². The lowest BCUT2D eigenvalue weighted by Gasteiger charge is -2.20. The molecule has 6 rings (SSSR count). The second-order valence-corrected chi connectivity index (χ2v) is 12.3. The molecule has 0 bridgehead atoms. The predicted molar refractivity (Wildman–Crippen MR) is 131 cm³/mol. The van der Waals surface area contributed by atoms with Gasteiger partial charge < -0.3 is 4.74 Å². The minimum absolute atomic E-state index is 0.265. The normalized spacial score (nSPS) is 18.6. The van der Waals surface area contributed by atoms with E-state index in [9.17, 15) is 8.42 Å². The van der Waals surface area contributed by atoms with Gasteiger partial charge in [0.15, 0.2) is 0 Å². The summed E-state index contributed by atoms with van der Waals surface area (Å²) in [5.74, 6) is 1.04. The van der Waals surface area contributed by atoms with Crippen LogP contribution in [0.25, 0.3) is 10.2 Å². The molecule has 0 amide bonds. The fraction of sp³-hybridized carbons (Fsp3) is 0.208. The molecule has 0 N–H and O–H groups in total. The number of thiazole rings is 1. The number of sulfonamides is 1. The van der Waals surface area contributed by atoms with Crippen molar-refractivity contribution in [1.82, 2.24) is 14.2 Å². The van der Waals surface area contributed by atoms with Crippen molar-refractivity contribution in [3.05, 3.63) is 83.4 Å². The molecule has 6 nitrogen and oxygen atoms in total. The number of para-hydroxylation sites is 1. The highest BCUT2D eigenvalue weighted by molar-refractivity contribution is 7.91. The van der Waals surface area contributed by atoms with Crippen molar-refractivity contribution in [2.75, 3.05) is 19.6 Å². The number of hydrogen-bond acceptors (Lipinski definition) is 7. The van der Waals surface area contributed by atoms with Gasteiger partial charge in [0.2, 0.25) is 0 Å². The van der Waals surface area contributed by atoms with Crippen LogP contribution in [0.4, 0.5) is 0 Å². The summed E-state index contributed by atoms with van der Waals surface area (Å²) in [6.45, 7) is 3.02. The van der Waals surface area contributed by atoms with Gasteiger partial charge in [0.05, 0.1) is 10.2 Å². The summed E-state index contributed by atoms with van der Waals surface area (Å²) in [7, 11) is -3.41. The molecule has 2 aliphatic heterocycles. The van der Waals surface area contributed by atoms with E-state index in [1.54, 1.807) is 17.5 Å². The van der Waals surface area contributed by atoms with Crippen molar-refractivity contribution in [3.8, 4) is 10.9 Å². The van der Waals surface area contributed by atoms with Gasteiger partial charge in [-0.1, -0.05) is 41.7 Å². The maximum absolute atomic E-state index is 12.8. The summed E-state index contributed by atoms with van der Waals surface area (Å²) in [5, 5.41) is 2.44. The van der Waals surface area contributed by atoms with Crippen LogP contribution in [0.15, 0.2) is 82.0 Å². The first-order valence-corrected chi connectivity index (χ1v) is 13.8. The number of hydrogen-bond donors (Lipinski definition) is 0. The van der Waals surface area contributed by atoms with Crippen LogP contribution in [-0.4, -0.2) is 42.2 Å². The molecule has 0 radical (unpaired) electrons. The van der Waals surface area contributed by atoms with Crippen molar-refractivity contribution in [3.63, 3.8) is 0 Å². The summed E-state index contributed by atoms with van der Waals surface area (Å²) < 4.78 is 34.5. The molecule has 0 aliphatic carbocycles. The van der Waals surface area contributed by atoms with Gasteiger partial charge in [-0.15, -0.1) is 11.3 Å². The van der Waals surface area contributed by atoms with Crippen LogP contribution in [0.2, 0.25) is 0 Å². The summed E-state index contributed by atoms with van der Waals surface area (Å²) >= 11 is 2.81. The Balaban J connectivity index is 1.08. The Morgan fingerprint density at radius 1 is 1.03 bits per heavy atom. The molecule has 33 heavy (non-hydrogen) atoms. The second-order valence-electron chi connectivity index (χ2n) is 8.27. The predicted octanol–water partition coefficient (Wildman–Crippen LogP) is 5.17. The van der Waals surface area contributed by atoms with Crippen LogP contribution in [0.1, 0.15) is 5.56 Å². The van der Waals surface area contributed by atoms with Crippen LogP contribution >= 0.6 is 22.7 Å². The van der Waals surface area contributed by atoms with E-state index in [1.165, 1.54) is 38.1 Å². The third-order valence-corrected chi connectivity index (χ3v) is 10.00. The fourth-order valence-corrected chi connectivity index (χ4v) is 7.74. The molecule has 1 unspecified atom stereocenters. The van der Waals surface area contributed by atoms with Crippen LogP contribution in [0, 0.1) is 5.92 Å². The third kappa shape index (κ3) is 4.06. The van der Waals surface area contributed by atoms with E-state index in [2.05, 4.69) is 22.0 Å². The van der Waals surface area contributed by atoms with Crippen LogP contribution < -0.4 is 4.74 Å². The van der Waals surface area contributed by atoms with Gasteiger partial charge in [0, 0.05) is 38.3 Å². The molecule has 0 saturated carbocycles. The monoisotopic (exact) mass is 495 g/mol. The lowest BCUT2D eigenvalue weighted by Crippen LogP contribution is -2.29. The zero-order valence-corrected chi connectivity index (χ0v) is 20.1. The molecule has 9 heteroatoms. The number of rotatable bonds is 6. The van der Waals surface area contributed by atoms with Crippen molar-refractivity contribution in [1.29, 1.82) is 0 Å². The van der Waals surface area contributed by atoms with Crippen molar-refractivity contribution < 1.29 is 13.2 Å². The first-order valence-electron chi connectivity index (χ1n) is 10.7. The van der Waals surface area contributed by atoms with E-state index >= 15 is 0 Å². The minimum atomic E-state index is -3.41. The Hall–Kier alpha value is -2.72. The Labute approximate surface area is 200 Å². The smallest absolute Gasteiger partial charge is 0.279 e. The highest BCUT2D eigenvalue weighted by Gasteiger charge is 2.38. The number of aromatic nitrogens is 1. The van der Waals surface area contributed by atoms with Crippen LogP contribution in [0.5, 0.6) is 10.9 Å². The molecule has 2 aromatic heterocycles. The van der Waals surface area contributed by atoms with Gasteiger partial charge in [-0.05, 0) is 46.8 Å². The molecule has 168 valence electrons. The SMILES string of the molecule is O=S(=O)(c1cccs1)N1C=C2CN(Cc3ccc(Oc4nc5ccccc5s4)cc3)CC2C1. The molecule has 1 saturated heterocycles. The van der Waals surface area contributed by atoms with E-state index in [0.29, 0.717) is 15.9 Å². The summed E-state index contributed by atoms with van der Waals surface area (Å²) in [5.41, 5.74) is 3.35. The van der Waals surface area contributed by atoms with Gasteiger partial charge in [-0.25, -0.2) is 13.4 Å². The van der Waals surface area contributed by atoms with E-state index in [-0.39, 0.29) is 5.92 Å². The number of ether oxygens (including phenoxy) is 1. The first-order chi connectivity index (χ1) is 16.0. The van der Waals surface area contributed by atoms with Crippen molar-refractivity contribution >= 4 is 42.9 Å². The van der Waals surface area contributed by atoms with Gasteiger partial charge >= 0.3 is 0 Å². The molecule has 2 aliphatic rings. The topological polar surface area (TPSA) is 62.7 Å². The Morgan fingerprint density at radius 3 is 2.64 bits per heavy atom. The minimum Gasteiger partial charge on any atom is -0.431 e. The van der Waals surface area contributed by atoms with E-state index in [1.807, 2.05) is 42.6 Å². The molecule has 2 aromatic carbocycles. The number of fused-ring (bicyclic) bond motifs is 2. The third-order valence-electron chi connectivity index (χ3n) is 5.99. The molecular weight excluding hydrogens is 474 g/mol. The van der Waals surface area contributed by atoms with Gasteiger partial charge in [-0.2, -0.15) is 0 Å². The van der Waals surface area contributed by atoms with E-state index in [4.69, 9.17) is 4.74 Å². The zero-order chi connectivity index (χ0) is 22.4. The lowest BCUT2D eigenvalue weighted by molar-refractivity contribution is 0.306.